The van der Waals surface area contributed by atoms with Crippen molar-refractivity contribution in [3.63, 3.8) is 0 Å². The van der Waals surface area contributed by atoms with E-state index in [1.165, 1.54) is 43.3 Å². The molecule has 1 heterocycles. The summed E-state index contributed by atoms with van der Waals surface area (Å²) in [5.74, 6) is -2.85. The molecule has 1 aromatic heterocycles. The second-order valence-electron chi connectivity index (χ2n) is 8.08. The van der Waals surface area contributed by atoms with Gasteiger partial charge in [-0.25, -0.2) is 4.39 Å². The van der Waals surface area contributed by atoms with Crippen molar-refractivity contribution in [3.8, 4) is 23.6 Å². The van der Waals surface area contributed by atoms with Gasteiger partial charge in [-0.1, -0.05) is 17.7 Å². The van der Waals surface area contributed by atoms with E-state index in [4.69, 9.17) is 43.1 Å². The third kappa shape index (κ3) is 6.70. The van der Waals surface area contributed by atoms with Crippen molar-refractivity contribution in [1.82, 2.24) is 9.78 Å². The molecule has 2 aromatic carbocycles. The quantitative estimate of drug-likeness (QED) is 0.385. The van der Waals surface area contributed by atoms with E-state index < -0.39 is 42.4 Å². The largest absolute Gasteiger partial charge is 0.453 e. The molecule has 1 amide bonds. The molecule has 0 spiro atoms. The first-order chi connectivity index (χ1) is 18.0. The zero-order valence-corrected chi connectivity index (χ0v) is 20.7. The molecule has 38 heavy (non-hydrogen) atoms. The van der Waals surface area contributed by atoms with Crippen LogP contribution in [0.3, 0.4) is 0 Å². The smallest absolute Gasteiger partial charge is 0.309 e. The lowest BCUT2D eigenvalue weighted by atomic mass is 10.1. The Labute approximate surface area is 220 Å². The lowest BCUT2D eigenvalue weighted by Crippen LogP contribution is -2.38. The van der Waals surface area contributed by atoms with E-state index in [-0.39, 0.29) is 50.9 Å². The maximum Gasteiger partial charge on any atom is 0.309 e. The lowest BCUT2D eigenvalue weighted by Gasteiger charge is -2.13. The first kappa shape index (κ1) is 27.8. The summed E-state index contributed by atoms with van der Waals surface area (Å²) in [5.41, 5.74) is 10.8. The lowest BCUT2D eigenvalue weighted by molar-refractivity contribution is -0.149. The van der Waals surface area contributed by atoms with Crippen molar-refractivity contribution in [1.29, 1.82) is 10.5 Å². The van der Waals surface area contributed by atoms with Crippen molar-refractivity contribution >= 4 is 23.5 Å². The predicted molar refractivity (Wildman–Crippen MR) is 131 cm³/mol. The molecular weight excluding hydrogens is 519 g/mol. The van der Waals surface area contributed by atoms with Crippen LogP contribution in [0.25, 0.3) is 0 Å². The van der Waals surface area contributed by atoms with Gasteiger partial charge in [0.1, 0.15) is 5.75 Å². The highest BCUT2D eigenvalue weighted by molar-refractivity contribution is 6.32. The Morgan fingerprint density at radius 3 is 2.45 bits per heavy atom. The zero-order valence-electron chi connectivity index (χ0n) is 19.9. The molecule has 3 aromatic rings. The average molecular weight is 539 g/mol. The molecule has 3 rings (SSSR count). The van der Waals surface area contributed by atoms with Crippen LogP contribution in [0.5, 0.6) is 11.5 Å². The highest BCUT2D eigenvalue weighted by Crippen LogP contribution is 2.35. The van der Waals surface area contributed by atoms with E-state index in [2.05, 4.69) is 5.10 Å². The fourth-order valence-corrected chi connectivity index (χ4v) is 3.48. The van der Waals surface area contributed by atoms with Crippen LogP contribution in [0, 0.1) is 35.4 Å². The fraction of sp³-hybridized carbons (Fsp3) is 0.200. The zero-order chi connectivity index (χ0) is 28.0. The molecule has 4 N–H and O–H groups in total. The number of esters is 1. The number of carbonyl (C=O) groups excluding carboxylic acids is 2. The third-order valence-electron chi connectivity index (χ3n) is 5.19. The second-order valence-corrected chi connectivity index (χ2v) is 8.49. The minimum Gasteiger partial charge on any atom is -0.453 e. The minimum atomic E-state index is -1.24. The van der Waals surface area contributed by atoms with E-state index in [1.807, 2.05) is 12.1 Å². The Balaban J connectivity index is 1.86. The van der Waals surface area contributed by atoms with Gasteiger partial charge in [-0.2, -0.15) is 20.3 Å². The number of ether oxygens (including phenoxy) is 2. The number of nitrogens with two attached hydrogens (primary N) is 2. The molecule has 0 saturated carbocycles. The summed E-state index contributed by atoms with van der Waals surface area (Å²) < 4.78 is 26.9. The normalized spacial score (nSPS) is 11.2. The van der Waals surface area contributed by atoms with Crippen LogP contribution in [0.1, 0.15) is 34.4 Å². The number of halogens is 2. The van der Waals surface area contributed by atoms with Crippen molar-refractivity contribution in [2.24, 2.45) is 11.5 Å². The molecule has 11 nitrogen and oxygen atoms in total. The van der Waals surface area contributed by atoms with E-state index in [0.717, 1.165) is 4.68 Å². The number of nitriles is 2. The molecule has 0 radical (unpaired) electrons. The maximum absolute atomic E-state index is 15.4. The Morgan fingerprint density at radius 2 is 1.84 bits per heavy atom. The van der Waals surface area contributed by atoms with Gasteiger partial charge in [0.25, 0.3) is 5.56 Å². The number of amides is 1. The van der Waals surface area contributed by atoms with Crippen LogP contribution >= 0.6 is 11.6 Å². The number of carbonyl (C=O) groups is 2. The average Bonchev–Trinajstić information content (AvgIpc) is 2.88. The van der Waals surface area contributed by atoms with Gasteiger partial charge in [-0.05, 0) is 42.8 Å². The Hall–Kier alpha value is -4.78. The first-order valence-electron chi connectivity index (χ1n) is 10.9. The highest BCUT2D eigenvalue weighted by atomic mass is 35.5. The van der Waals surface area contributed by atoms with Crippen molar-refractivity contribution < 1.29 is 23.5 Å². The number of benzene rings is 2. The molecular formula is C25H20ClFN6O5. The van der Waals surface area contributed by atoms with Crippen molar-refractivity contribution in [2.75, 3.05) is 0 Å². The molecule has 194 valence electrons. The summed E-state index contributed by atoms with van der Waals surface area (Å²) >= 11 is 6.16. The monoisotopic (exact) mass is 538 g/mol. The highest BCUT2D eigenvalue weighted by Gasteiger charge is 2.19. The van der Waals surface area contributed by atoms with Gasteiger partial charge < -0.3 is 20.9 Å². The molecule has 1 atom stereocenters. The molecule has 0 saturated heterocycles. The number of aryl methyl sites for hydroxylation is 1. The van der Waals surface area contributed by atoms with Gasteiger partial charge in [0.2, 0.25) is 5.91 Å². The summed E-state index contributed by atoms with van der Waals surface area (Å²) in [6.07, 6.45) is -0.572. The fourth-order valence-electron chi connectivity index (χ4n) is 3.29. The summed E-state index contributed by atoms with van der Waals surface area (Å²) in [5, 5.41) is 22.4. The van der Waals surface area contributed by atoms with E-state index in [0.29, 0.717) is 0 Å². The molecule has 0 aliphatic rings. The first-order valence-corrected chi connectivity index (χ1v) is 11.3. The van der Waals surface area contributed by atoms with E-state index in [1.54, 1.807) is 0 Å². The van der Waals surface area contributed by atoms with Crippen molar-refractivity contribution in [2.45, 2.75) is 32.5 Å². The topological polar surface area (TPSA) is 187 Å². The Bertz CT molecular complexity index is 1530. The summed E-state index contributed by atoms with van der Waals surface area (Å²) in [4.78, 5) is 35.3. The van der Waals surface area contributed by atoms with E-state index >= 15 is 4.39 Å². The standard InChI is InChI=1S/C25H20ClFN6O5/c1-13-4-17(32-33(25(13)36)12-37-21(34)9-20(30)24(31)35)8-16-2-3-19(26)23(22(16)27)38-18-6-14(10-28)5-15(7-18)11-29/h2-7,20H,8-9,12,30H2,1H3,(H2,31,35)/t20-/m0/s1. The molecule has 0 unspecified atom stereocenters. The van der Waals surface area contributed by atoms with E-state index in [9.17, 15) is 14.4 Å². The SMILES string of the molecule is Cc1cc(Cc2ccc(Cl)c(Oc3cc(C#N)cc(C#N)c3)c2F)nn(COC(=O)C[C@H](N)C(N)=O)c1=O. The van der Waals surface area contributed by atoms with Crippen molar-refractivity contribution in [3.05, 3.63) is 85.5 Å². The van der Waals surface area contributed by atoms with Gasteiger partial charge in [0.05, 0.1) is 46.4 Å². The Kier molecular flexibility index (Phi) is 8.76. The molecule has 0 fully saturated rings. The summed E-state index contributed by atoms with van der Waals surface area (Å²) in [7, 11) is 0. The second kappa shape index (κ2) is 12.0. The molecule has 0 aliphatic carbocycles. The van der Waals surface area contributed by atoms with Gasteiger partial charge in [0.15, 0.2) is 18.3 Å². The third-order valence-corrected chi connectivity index (χ3v) is 5.49. The van der Waals surface area contributed by atoms with Gasteiger partial charge in [-0.3, -0.25) is 14.4 Å². The number of hydrogen-bond acceptors (Lipinski definition) is 9. The molecule has 0 bridgehead atoms. The van der Waals surface area contributed by atoms with Crippen LogP contribution < -0.4 is 21.8 Å². The molecule has 0 aliphatic heterocycles. The minimum absolute atomic E-state index is 0.0407. The number of aromatic nitrogens is 2. The van der Waals surface area contributed by atoms with Crippen LogP contribution in [0.15, 0.2) is 41.2 Å². The molecule has 13 heteroatoms. The summed E-state index contributed by atoms with van der Waals surface area (Å²) in [6.45, 7) is 0.947. The number of nitrogens with zero attached hydrogens (tertiary/aromatic N) is 4. The van der Waals surface area contributed by atoms with Crippen LogP contribution in [0.2, 0.25) is 5.02 Å². The number of rotatable bonds is 9. The Morgan fingerprint density at radius 1 is 1.18 bits per heavy atom. The summed E-state index contributed by atoms with van der Waals surface area (Å²) in [6, 6.07) is 10.8. The van der Waals surface area contributed by atoms with Crippen LogP contribution in [0.4, 0.5) is 4.39 Å². The van der Waals surface area contributed by atoms with Gasteiger partial charge >= 0.3 is 5.97 Å². The van der Waals surface area contributed by atoms with Gasteiger partial charge in [-0.15, -0.1) is 0 Å². The predicted octanol–water partition coefficient (Wildman–Crippen LogP) is 2.17. The maximum atomic E-state index is 15.4. The number of hydrogen-bond donors (Lipinski definition) is 2. The van der Waals surface area contributed by atoms with Gasteiger partial charge in [0, 0.05) is 12.0 Å². The van der Waals surface area contributed by atoms with Crippen LogP contribution in [-0.4, -0.2) is 27.7 Å². The van der Waals surface area contributed by atoms with Crippen LogP contribution in [-0.2, 0) is 27.5 Å². The number of primary amides is 1.